The van der Waals surface area contributed by atoms with Crippen LogP contribution in [0.4, 0.5) is 0 Å². The number of hydrogen-bond donors (Lipinski definition) is 0. The van der Waals surface area contributed by atoms with Gasteiger partial charge >= 0.3 is 0 Å². The topological polar surface area (TPSA) is 77.3 Å². The number of fused-ring (bicyclic) bond motifs is 3. The maximum atomic E-state index is 13.3. The van der Waals surface area contributed by atoms with Crippen LogP contribution < -0.4 is 0 Å². The molecule has 1 unspecified atom stereocenters. The van der Waals surface area contributed by atoms with E-state index in [4.69, 9.17) is 14.8 Å². The van der Waals surface area contributed by atoms with Crippen LogP contribution in [0, 0.1) is 6.92 Å². The Bertz CT molecular complexity index is 1750. The Balaban J connectivity index is 1.36. The van der Waals surface area contributed by atoms with E-state index in [0.717, 1.165) is 51.3 Å². The summed E-state index contributed by atoms with van der Waals surface area (Å²) < 4.78 is 7.79. The molecule has 208 valence electrons. The Morgan fingerprint density at radius 2 is 1.59 bits per heavy atom. The first-order chi connectivity index (χ1) is 19.7. The summed E-state index contributed by atoms with van der Waals surface area (Å²) in [6.45, 7) is 10.4. The minimum Gasteiger partial charge on any atom is -0.360 e. The molecule has 1 aliphatic rings. The quantitative estimate of drug-likeness (QED) is 0.114. The van der Waals surface area contributed by atoms with Crippen molar-refractivity contribution in [1.29, 1.82) is 0 Å². The second kappa shape index (κ2) is 10.7. The fourth-order valence-electron chi connectivity index (χ4n) is 5.43. The molecule has 0 aliphatic carbocycles. The minimum absolute atomic E-state index is 0.191. The van der Waals surface area contributed by atoms with E-state index >= 15 is 0 Å². The lowest BCUT2D eigenvalue weighted by Crippen LogP contribution is -2.34. The molecule has 0 N–H and O–H groups in total. The number of benzene rings is 3. The lowest BCUT2D eigenvalue weighted by molar-refractivity contribution is 0.0649. The molecule has 0 fully saturated rings. The van der Waals surface area contributed by atoms with Gasteiger partial charge in [0.2, 0.25) is 0 Å². The molecular formula is C33H34N4O3Si. The first kappa shape index (κ1) is 27.0. The predicted octanol–water partition coefficient (Wildman–Crippen LogP) is 6.63. The Morgan fingerprint density at radius 3 is 2.32 bits per heavy atom. The molecule has 41 heavy (non-hydrogen) atoms. The number of para-hydroxylation sites is 1. The summed E-state index contributed by atoms with van der Waals surface area (Å²) in [5, 5.41) is 6.81. The van der Waals surface area contributed by atoms with Crippen LogP contribution in [-0.2, 0) is 11.5 Å². The number of imide groups is 1. The molecule has 0 radical (unpaired) electrons. The summed E-state index contributed by atoms with van der Waals surface area (Å²) >= 11 is 0. The first-order valence-corrected chi connectivity index (χ1v) is 17.7. The van der Waals surface area contributed by atoms with Crippen molar-refractivity contribution in [3.63, 3.8) is 0 Å². The van der Waals surface area contributed by atoms with Gasteiger partial charge in [0.15, 0.2) is 0 Å². The SMILES string of the molecule is Cc1cc(C(CN2C(=O)c3ccccc3C2=O)c2ccc3ccccc3n2)cc2cn(COCC[Si](C)(C)C)nc12. The molecule has 0 saturated heterocycles. The van der Waals surface area contributed by atoms with E-state index in [0.29, 0.717) is 17.9 Å². The normalized spacial score (nSPS) is 14.3. The van der Waals surface area contributed by atoms with Crippen molar-refractivity contribution >= 4 is 41.7 Å². The molecule has 6 rings (SSSR count). The van der Waals surface area contributed by atoms with Gasteiger partial charge < -0.3 is 4.74 Å². The number of carbonyl (C=O) groups excluding carboxylic acids is 2. The van der Waals surface area contributed by atoms with Gasteiger partial charge in [-0.1, -0.05) is 62.1 Å². The van der Waals surface area contributed by atoms with Gasteiger partial charge in [0.1, 0.15) is 6.73 Å². The summed E-state index contributed by atoms with van der Waals surface area (Å²) in [5.41, 5.74) is 5.49. The highest BCUT2D eigenvalue weighted by Gasteiger charge is 2.37. The maximum Gasteiger partial charge on any atom is 0.261 e. The van der Waals surface area contributed by atoms with E-state index in [1.54, 1.807) is 24.3 Å². The molecule has 5 aromatic rings. The third-order valence-corrected chi connectivity index (χ3v) is 9.42. The van der Waals surface area contributed by atoms with Crippen molar-refractivity contribution in [3.05, 3.63) is 107 Å². The number of nitrogens with zero attached hydrogens (tertiary/aromatic N) is 4. The van der Waals surface area contributed by atoms with Gasteiger partial charge in [-0.2, -0.15) is 5.10 Å². The zero-order chi connectivity index (χ0) is 28.7. The van der Waals surface area contributed by atoms with E-state index in [-0.39, 0.29) is 24.3 Å². The Morgan fingerprint density at radius 1 is 0.878 bits per heavy atom. The molecule has 2 amide bonds. The maximum absolute atomic E-state index is 13.3. The van der Waals surface area contributed by atoms with Gasteiger partial charge in [-0.15, -0.1) is 0 Å². The molecule has 0 bridgehead atoms. The number of aryl methyl sites for hydroxylation is 1. The van der Waals surface area contributed by atoms with E-state index in [1.165, 1.54) is 4.90 Å². The highest BCUT2D eigenvalue weighted by Crippen LogP contribution is 2.33. The monoisotopic (exact) mass is 562 g/mol. The molecule has 8 heteroatoms. The van der Waals surface area contributed by atoms with E-state index in [9.17, 15) is 9.59 Å². The average Bonchev–Trinajstić information content (AvgIpc) is 3.48. The van der Waals surface area contributed by atoms with Crippen molar-refractivity contribution in [2.45, 2.75) is 45.3 Å². The largest absolute Gasteiger partial charge is 0.360 e. The zero-order valence-corrected chi connectivity index (χ0v) is 24.9. The second-order valence-electron chi connectivity index (χ2n) is 12.0. The van der Waals surface area contributed by atoms with Crippen LogP contribution in [0.3, 0.4) is 0 Å². The van der Waals surface area contributed by atoms with Crippen LogP contribution in [0.1, 0.15) is 43.5 Å². The van der Waals surface area contributed by atoms with Crippen LogP contribution in [0.25, 0.3) is 21.8 Å². The third kappa shape index (κ3) is 5.45. The predicted molar refractivity (Wildman–Crippen MR) is 164 cm³/mol. The molecule has 0 saturated carbocycles. The van der Waals surface area contributed by atoms with Gasteiger partial charge in [0, 0.05) is 44.1 Å². The third-order valence-electron chi connectivity index (χ3n) is 7.71. The van der Waals surface area contributed by atoms with Crippen molar-refractivity contribution in [2.75, 3.05) is 13.2 Å². The van der Waals surface area contributed by atoms with E-state index in [2.05, 4.69) is 31.8 Å². The highest BCUT2D eigenvalue weighted by atomic mass is 28.3. The number of hydrogen-bond acceptors (Lipinski definition) is 5. The fourth-order valence-corrected chi connectivity index (χ4v) is 6.18. The smallest absolute Gasteiger partial charge is 0.261 e. The van der Waals surface area contributed by atoms with Crippen molar-refractivity contribution in [1.82, 2.24) is 19.7 Å². The summed E-state index contributed by atoms with van der Waals surface area (Å²) in [6.07, 6.45) is 2.01. The van der Waals surface area contributed by atoms with Crippen LogP contribution in [0.2, 0.25) is 25.7 Å². The Labute approximate surface area is 240 Å². The van der Waals surface area contributed by atoms with Crippen molar-refractivity contribution in [2.24, 2.45) is 0 Å². The van der Waals surface area contributed by atoms with Gasteiger partial charge in [-0.25, -0.2) is 4.68 Å². The average molecular weight is 563 g/mol. The van der Waals surface area contributed by atoms with E-state index in [1.807, 2.05) is 54.2 Å². The van der Waals surface area contributed by atoms with Crippen molar-refractivity contribution in [3.8, 4) is 0 Å². The number of pyridine rings is 1. The van der Waals surface area contributed by atoms with E-state index < -0.39 is 8.07 Å². The molecule has 0 spiro atoms. The number of rotatable bonds is 9. The first-order valence-electron chi connectivity index (χ1n) is 14.0. The Hall–Kier alpha value is -4.14. The summed E-state index contributed by atoms with van der Waals surface area (Å²) in [5.74, 6) is -0.851. The molecule has 1 atom stereocenters. The molecule has 3 heterocycles. The number of carbonyl (C=O) groups is 2. The summed E-state index contributed by atoms with van der Waals surface area (Å²) in [4.78, 5) is 33.0. The lowest BCUT2D eigenvalue weighted by Gasteiger charge is -2.23. The molecule has 2 aromatic heterocycles. The minimum atomic E-state index is -1.16. The number of ether oxygens (including phenoxy) is 1. The molecule has 3 aromatic carbocycles. The number of aromatic nitrogens is 3. The summed E-state index contributed by atoms with van der Waals surface area (Å²) in [6, 6.07) is 24.4. The van der Waals surface area contributed by atoms with Crippen molar-refractivity contribution < 1.29 is 14.3 Å². The molecule has 1 aliphatic heterocycles. The molecular weight excluding hydrogens is 528 g/mol. The highest BCUT2D eigenvalue weighted by molar-refractivity contribution is 6.76. The van der Waals surface area contributed by atoms with Crippen LogP contribution in [-0.4, -0.2) is 52.7 Å². The lowest BCUT2D eigenvalue weighted by atomic mass is 9.91. The van der Waals surface area contributed by atoms with Gasteiger partial charge in [-0.05, 0) is 54.4 Å². The van der Waals surface area contributed by atoms with Crippen LogP contribution >= 0.6 is 0 Å². The standard InChI is InChI=1S/C33H34N4O3Si/c1-22-17-24(18-25-19-36(35-31(22)25)21-40-15-16-41(2,3)4)28(30-14-13-23-9-5-8-12-29(23)34-30)20-37-32(38)26-10-6-7-11-27(26)33(37)39/h5-14,17-19,28H,15-16,20-21H2,1-4H3. The molecule has 7 nitrogen and oxygen atoms in total. The fraction of sp³-hybridized carbons (Fsp3) is 0.273. The second-order valence-corrected chi connectivity index (χ2v) is 17.7. The van der Waals surface area contributed by atoms with Gasteiger partial charge in [-0.3, -0.25) is 19.5 Å². The summed E-state index contributed by atoms with van der Waals surface area (Å²) in [7, 11) is -1.16. The van der Waals surface area contributed by atoms with Crippen LogP contribution in [0.5, 0.6) is 0 Å². The number of amides is 2. The van der Waals surface area contributed by atoms with Gasteiger partial charge in [0.25, 0.3) is 11.8 Å². The zero-order valence-electron chi connectivity index (χ0n) is 23.9. The Kier molecular flexibility index (Phi) is 7.05. The van der Waals surface area contributed by atoms with Crippen LogP contribution in [0.15, 0.2) is 79.0 Å². The van der Waals surface area contributed by atoms with Gasteiger partial charge in [0.05, 0.1) is 27.9 Å².